The van der Waals surface area contributed by atoms with E-state index in [9.17, 15) is 0 Å². The zero-order valence-electron chi connectivity index (χ0n) is 12.6. The average Bonchev–Trinajstić information content (AvgIpc) is 2.25. The summed E-state index contributed by atoms with van der Waals surface area (Å²) in [5.74, 6) is 1.40. The van der Waals surface area contributed by atoms with Gasteiger partial charge in [-0.25, -0.2) is 0 Å². The zero-order chi connectivity index (χ0) is 14.3. The van der Waals surface area contributed by atoms with Crippen molar-refractivity contribution in [1.29, 1.82) is 0 Å². The second-order valence-corrected chi connectivity index (χ2v) is 6.41. The summed E-state index contributed by atoms with van der Waals surface area (Å²) in [4.78, 5) is 0. The third-order valence-corrected chi connectivity index (χ3v) is 4.34. The molecule has 0 bridgehead atoms. The highest BCUT2D eigenvalue weighted by molar-refractivity contribution is 5.47. The molecule has 0 amide bonds. The second kappa shape index (κ2) is 4.80. The van der Waals surface area contributed by atoms with Crippen molar-refractivity contribution < 1.29 is 9.47 Å². The van der Waals surface area contributed by atoms with E-state index < -0.39 is 0 Å². The molecule has 19 heavy (non-hydrogen) atoms. The first-order valence-corrected chi connectivity index (χ1v) is 6.87. The summed E-state index contributed by atoms with van der Waals surface area (Å²) in [7, 11) is 1.71. The summed E-state index contributed by atoms with van der Waals surface area (Å²) in [6.45, 7) is 9.85. The van der Waals surface area contributed by atoms with Gasteiger partial charge in [-0.15, -0.1) is 0 Å². The molecule has 1 saturated heterocycles. The van der Waals surface area contributed by atoms with E-state index in [1.165, 1.54) is 11.1 Å². The normalized spacial score (nSPS) is 18.3. The Morgan fingerprint density at radius 3 is 2.32 bits per heavy atom. The molecule has 1 aromatic rings. The van der Waals surface area contributed by atoms with Gasteiger partial charge in [0.1, 0.15) is 5.75 Å². The van der Waals surface area contributed by atoms with Crippen LogP contribution in [0.3, 0.4) is 0 Å². The van der Waals surface area contributed by atoms with Gasteiger partial charge in [-0.1, -0.05) is 26.0 Å². The van der Waals surface area contributed by atoms with Crippen LogP contribution < -0.4 is 10.5 Å². The Morgan fingerprint density at radius 2 is 1.95 bits per heavy atom. The van der Waals surface area contributed by atoms with E-state index in [0.29, 0.717) is 19.1 Å². The van der Waals surface area contributed by atoms with Crippen LogP contribution in [-0.4, -0.2) is 25.9 Å². The number of hydrogen-bond acceptors (Lipinski definition) is 3. The monoisotopic (exact) mass is 263 g/mol. The van der Waals surface area contributed by atoms with E-state index in [2.05, 4.69) is 45.9 Å². The summed E-state index contributed by atoms with van der Waals surface area (Å²) in [6.07, 6.45) is 0. The Kier molecular flexibility index (Phi) is 3.63. The number of benzene rings is 1. The Morgan fingerprint density at radius 1 is 1.32 bits per heavy atom. The van der Waals surface area contributed by atoms with Gasteiger partial charge < -0.3 is 15.2 Å². The SMILES string of the molecule is COc1ccc(C(C)C)cc1C1(C(C)(C)N)COC1. The van der Waals surface area contributed by atoms with E-state index >= 15 is 0 Å². The summed E-state index contributed by atoms with van der Waals surface area (Å²) >= 11 is 0. The molecule has 0 aromatic heterocycles. The van der Waals surface area contributed by atoms with Crippen molar-refractivity contribution in [3.05, 3.63) is 29.3 Å². The fourth-order valence-electron chi connectivity index (χ4n) is 2.64. The van der Waals surface area contributed by atoms with Crippen LogP contribution in [0.1, 0.15) is 44.7 Å². The molecule has 1 heterocycles. The van der Waals surface area contributed by atoms with Gasteiger partial charge in [-0.3, -0.25) is 0 Å². The number of rotatable bonds is 4. The van der Waals surface area contributed by atoms with Crippen LogP contribution in [0.4, 0.5) is 0 Å². The molecule has 1 aliphatic rings. The molecule has 106 valence electrons. The highest BCUT2D eigenvalue weighted by Gasteiger charge is 2.51. The molecule has 3 heteroatoms. The first-order chi connectivity index (χ1) is 8.82. The lowest BCUT2D eigenvalue weighted by molar-refractivity contribution is -0.0927. The predicted molar refractivity (Wildman–Crippen MR) is 77.8 cm³/mol. The van der Waals surface area contributed by atoms with Gasteiger partial charge in [0.25, 0.3) is 0 Å². The molecular formula is C16H25NO2. The molecule has 0 spiro atoms. The van der Waals surface area contributed by atoms with Gasteiger partial charge in [-0.05, 0) is 31.4 Å². The molecule has 3 nitrogen and oxygen atoms in total. The molecule has 0 unspecified atom stereocenters. The Balaban J connectivity index is 2.55. The van der Waals surface area contributed by atoms with Crippen LogP contribution >= 0.6 is 0 Å². The van der Waals surface area contributed by atoms with Crippen LogP contribution in [0.2, 0.25) is 0 Å². The molecule has 1 aliphatic heterocycles. The minimum absolute atomic E-state index is 0.150. The average molecular weight is 263 g/mol. The molecule has 2 N–H and O–H groups in total. The van der Waals surface area contributed by atoms with Crippen molar-refractivity contribution in [2.24, 2.45) is 5.73 Å². The van der Waals surface area contributed by atoms with Gasteiger partial charge in [0.15, 0.2) is 0 Å². The Bertz CT molecular complexity index is 456. The fourth-order valence-corrected chi connectivity index (χ4v) is 2.64. The molecular weight excluding hydrogens is 238 g/mol. The maximum atomic E-state index is 6.42. The van der Waals surface area contributed by atoms with E-state index in [1.54, 1.807) is 7.11 Å². The third-order valence-electron chi connectivity index (χ3n) is 4.34. The topological polar surface area (TPSA) is 44.5 Å². The molecule has 1 fully saturated rings. The largest absolute Gasteiger partial charge is 0.496 e. The van der Waals surface area contributed by atoms with E-state index in [-0.39, 0.29) is 11.0 Å². The lowest BCUT2D eigenvalue weighted by Gasteiger charge is -2.51. The number of methoxy groups -OCH3 is 1. The highest BCUT2D eigenvalue weighted by Crippen LogP contribution is 2.45. The van der Waals surface area contributed by atoms with Crippen molar-refractivity contribution in [2.45, 2.75) is 44.6 Å². The summed E-state index contributed by atoms with van der Waals surface area (Å²) in [5, 5.41) is 0. The summed E-state index contributed by atoms with van der Waals surface area (Å²) in [6, 6.07) is 6.42. The van der Waals surface area contributed by atoms with Gasteiger partial charge in [0.05, 0.1) is 25.7 Å². The molecule has 1 aromatic carbocycles. The smallest absolute Gasteiger partial charge is 0.122 e. The van der Waals surface area contributed by atoms with Gasteiger partial charge in [-0.2, -0.15) is 0 Å². The Labute approximate surface area is 116 Å². The van der Waals surface area contributed by atoms with Gasteiger partial charge in [0.2, 0.25) is 0 Å². The van der Waals surface area contributed by atoms with Crippen LogP contribution in [0, 0.1) is 0 Å². The van der Waals surface area contributed by atoms with Crippen molar-refractivity contribution in [3.8, 4) is 5.75 Å². The molecule has 0 aliphatic carbocycles. The van der Waals surface area contributed by atoms with E-state index in [4.69, 9.17) is 15.2 Å². The van der Waals surface area contributed by atoms with Crippen LogP contribution in [0.5, 0.6) is 5.75 Å². The molecule has 0 saturated carbocycles. The molecule has 0 radical (unpaired) electrons. The standard InChI is InChI=1S/C16H25NO2/c1-11(2)12-6-7-14(18-5)13(8-12)16(9-19-10-16)15(3,4)17/h6-8,11H,9-10,17H2,1-5H3. The Hall–Kier alpha value is -1.06. The summed E-state index contributed by atoms with van der Waals surface area (Å²) < 4.78 is 11.0. The van der Waals surface area contributed by atoms with Crippen LogP contribution in [0.25, 0.3) is 0 Å². The van der Waals surface area contributed by atoms with Crippen LogP contribution in [0.15, 0.2) is 18.2 Å². The van der Waals surface area contributed by atoms with Crippen LogP contribution in [-0.2, 0) is 10.2 Å². The first-order valence-electron chi connectivity index (χ1n) is 6.87. The van der Waals surface area contributed by atoms with E-state index in [0.717, 1.165) is 5.75 Å². The van der Waals surface area contributed by atoms with Gasteiger partial charge >= 0.3 is 0 Å². The quantitative estimate of drug-likeness (QED) is 0.908. The van der Waals surface area contributed by atoms with Crippen molar-refractivity contribution in [2.75, 3.05) is 20.3 Å². The predicted octanol–water partition coefficient (Wildman–Crippen LogP) is 2.82. The number of ether oxygens (including phenoxy) is 2. The van der Waals surface area contributed by atoms with Gasteiger partial charge in [0, 0.05) is 11.1 Å². The maximum Gasteiger partial charge on any atom is 0.122 e. The second-order valence-electron chi connectivity index (χ2n) is 6.41. The summed E-state index contributed by atoms with van der Waals surface area (Å²) in [5.41, 5.74) is 8.43. The van der Waals surface area contributed by atoms with Crippen molar-refractivity contribution in [3.63, 3.8) is 0 Å². The highest BCUT2D eigenvalue weighted by atomic mass is 16.5. The molecule has 2 rings (SSSR count). The molecule has 0 atom stereocenters. The minimum atomic E-state index is -0.339. The van der Waals surface area contributed by atoms with E-state index in [1.807, 2.05) is 0 Å². The lowest BCUT2D eigenvalue weighted by Crippen LogP contribution is -2.64. The third kappa shape index (κ3) is 2.26. The lowest BCUT2D eigenvalue weighted by atomic mass is 9.65. The first kappa shape index (κ1) is 14.4. The number of nitrogens with two attached hydrogens (primary N) is 1. The van der Waals surface area contributed by atoms with Crippen molar-refractivity contribution in [1.82, 2.24) is 0 Å². The minimum Gasteiger partial charge on any atom is -0.496 e. The fraction of sp³-hybridized carbons (Fsp3) is 0.625. The van der Waals surface area contributed by atoms with Crippen molar-refractivity contribution >= 4 is 0 Å². The zero-order valence-corrected chi connectivity index (χ0v) is 12.6. The maximum absolute atomic E-state index is 6.42. The number of hydrogen-bond donors (Lipinski definition) is 1.